The maximum absolute atomic E-state index is 5.39. The predicted octanol–water partition coefficient (Wildman–Crippen LogP) is 4.20. The molecule has 0 spiro atoms. The summed E-state index contributed by atoms with van der Waals surface area (Å²) >= 11 is 1.63. The Morgan fingerprint density at radius 3 is 2.70 bits per heavy atom. The van der Waals surface area contributed by atoms with E-state index in [-0.39, 0.29) is 0 Å². The summed E-state index contributed by atoms with van der Waals surface area (Å²) in [4.78, 5) is 5.76. The minimum Gasteiger partial charge on any atom is -0.496 e. The first kappa shape index (κ1) is 19.4. The van der Waals surface area contributed by atoms with Gasteiger partial charge in [0, 0.05) is 19.9 Å². The normalized spacial score (nSPS) is 11.0. The average Bonchev–Trinajstić information content (AvgIpc) is 3.26. The highest BCUT2D eigenvalue weighted by atomic mass is 32.1. The minimum atomic E-state index is 0.649. The molecule has 0 aliphatic rings. The SMILES string of the molecule is COCCn1ccc(-c2sc(NCc3cc(C)c(OC)cc3C)nc2C)n1. The van der Waals surface area contributed by atoms with Crippen molar-refractivity contribution in [2.45, 2.75) is 33.9 Å². The number of hydrogen-bond donors (Lipinski definition) is 1. The smallest absolute Gasteiger partial charge is 0.183 e. The van der Waals surface area contributed by atoms with Crippen molar-refractivity contribution in [2.75, 3.05) is 26.1 Å². The van der Waals surface area contributed by atoms with Crippen LogP contribution in [0.15, 0.2) is 24.4 Å². The third-order valence-electron chi connectivity index (χ3n) is 4.48. The maximum atomic E-state index is 5.39. The van der Waals surface area contributed by atoms with E-state index in [9.17, 15) is 0 Å². The Hall–Kier alpha value is -2.38. The Kier molecular flexibility index (Phi) is 6.13. The Bertz CT molecular complexity index is 917. The highest BCUT2D eigenvalue weighted by molar-refractivity contribution is 7.19. The van der Waals surface area contributed by atoms with E-state index in [1.807, 2.05) is 23.9 Å². The summed E-state index contributed by atoms with van der Waals surface area (Å²) in [6, 6.07) is 6.27. The van der Waals surface area contributed by atoms with Crippen LogP contribution in [0, 0.1) is 20.8 Å². The largest absolute Gasteiger partial charge is 0.496 e. The Morgan fingerprint density at radius 2 is 1.96 bits per heavy atom. The van der Waals surface area contributed by atoms with Crippen LogP contribution in [0.2, 0.25) is 0 Å². The van der Waals surface area contributed by atoms with Gasteiger partial charge in [0.25, 0.3) is 0 Å². The van der Waals surface area contributed by atoms with E-state index in [0.717, 1.165) is 45.8 Å². The number of aromatic nitrogens is 3. The van der Waals surface area contributed by atoms with Crippen LogP contribution in [0.25, 0.3) is 10.6 Å². The molecule has 2 heterocycles. The molecule has 0 aliphatic heterocycles. The van der Waals surface area contributed by atoms with Crippen molar-refractivity contribution >= 4 is 16.5 Å². The molecule has 144 valence electrons. The fourth-order valence-corrected chi connectivity index (χ4v) is 3.86. The molecule has 27 heavy (non-hydrogen) atoms. The van der Waals surface area contributed by atoms with Crippen LogP contribution < -0.4 is 10.1 Å². The number of ether oxygens (including phenoxy) is 2. The van der Waals surface area contributed by atoms with E-state index in [1.165, 1.54) is 11.1 Å². The average molecular weight is 387 g/mol. The van der Waals surface area contributed by atoms with Crippen molar-refractivity contribution in [3.05, 3.63) is 46.8 Å². The predicted molar refractivity (Wildman–Crippen MR) is 110 cm³/mol. The van der Waals surface area contributed by atoms with Gasteiger partial charge in [0.2, 0.25) is 0 Å². The fraction of sp³-hybridized carbons (Fsp3) is 0.400. The molecule has 0 unspecified atom stereocenters. The first-order chi connectivity index (χ1) is 13.0. The molecular formula is C20H26N4O2S. The van der Waals surface area contributed by atoms with Crippen molar-refractivity contribution in [1.29, 1.82) is 0 Å². The summed E-state index contributed by atoms with van der Waals surface area (Å²) in [5, 5.41) is 8.98. The zero-order chi connectivity index (χ0) is 19.4. The van der Waals surface area contributed by atoms with Gasteiger partial charge in [-0.05, 0) is 49.6 Å². The monoisotopic (exact) mass is 386 g/mol. The molecule has 0 amide bonds. The van der Waals surface area contributed by atoms with Crippen LogP contribution in [0.1, 0.15) is 22.4 Å². The highest BCUT2D eigenvalue weighted by Gasteiger charge is 2.13. The third kappa shape index (κ3) is 4.48. The van der Waals surface area contributed by atoms with E-state index < -0.39 is 0 Å². The minimum absolute atomic E-state index is 0.649. The van der Waals surface area contributed by atoms with Crippen LogP contribution >= 0.6 is 11.3 Å². The van der Waals surface area contributed by atoms with Gasteiger partial charge in [-0.15, -0.1) is 0 Å². The lowest BCUT2D eigenvalue weighted by Gasteiger charge is -2.11. The van der Waals surface area contributed by atoms with Gasteiger partial charge >= 0.3 is 0 Å². The van der Waals surface area contributed by atoms with E-state index in [0.29, 0.717) is 6.61 Å². The summed E-state index contributed by atoms with van der Waals surface area (Å²) in [6.07, 6.45) is 1.98. The van der Waals surface area contributed by atoms with Crippen LogP contribution in [0.5, 0.6) is 5.75 Å². The highest BCUT2D eigenvalue weighted by Crippen LogP contribution is 2.32. The van der Waals surface area contributed by atoms with Crippen molar-refractivity contribution in [3.8, 4) is 16.3 Å². The standard InChI is InChI=1S/C20H26N4O2S/c1-13-11-18(26-5)14(2)10-16(13)12-21-20-22-15(3)19(27-20)17-6-7-24(23-17)8-9-25-4/h6-7,10-11H,8-9,12H2,1-5H3,(H,21,22). The molecule has 0 radical (unpaired) electrons. The molecule has 0 fully saturated rings. The Balaban J connectivity index is 1.72. The number of hydrogen-bond acceptors (Lipinski definition) is 6. The second-order valence-corrected chi connectivity index (χ2v) is 7.49. The third-order valence-corrected chi connectivity index (χ3v) is 5.62. The maximum Gasteiger partial charge on any atom is 0.183 e. The van der Waals surface area contributed by atoms with Crippen molar-refractivity contribution in [2.24, 2.45) is 0 Å². The fourth-order valence-electron chi connectivity index (χ4n) is 2.93. The van der Waals surface area contributed by atoms with Gasteiger partial charge in [-0.25, -0.2) is 4.98 Å². The number of benzene rings is 1. The number of aryl methyl sites for hydroxylation is 3. The second-order valence-electron chi connectivity index (χ2n) is 6.49. The number of thiazole rings is 1. The molecule has 3 rings (SSSR count). The first-order valence-corrected chi connectivity index (χ1v) is 9.71. The molecule has 7 heteroatoms. The summed E-state index contributed by atoms with van der Waals surface area (Å²) in [5.74, 6) is 0.924. The summed E-state index contributed by atoms with van der Waals surface area (Å²) < 4.78 is 12.4. The molecule has 0 bridgehead atoms. The Labute approximate surface area is 164 Å². The molecule has 0 aliphatic carbocycles. The zero-order valence-electron chi connectivity index (χ0n) is 16.5. The van der Waals surface area contributed by atoms with Crippen LogP contribution in [-0.4, -0.2) is 35.6 Å². The number of nitrogens with zero attached hydrogens (tertiary/aromatic N) is 3. The number of anilines is 1. The molecular weight excluding hydrogens is 360 g/mol. The molecule has 0 saturated carbocycles. The lowest BCUT2D eigenvalue weighted by Crippen LogP contribution is -2.04. The first-order valence-electron chi connectivity index (χ1n) is 8.90. The molecule has 1 aromatic carbocycles. The van der Waals surface area contributed by atoms with E-state index in [4.69, 9.17) is 9.47 Å². The van der Waals surface area contributed by atoms with Crippen molar-refractivity contribution in [1.82, 2.24) is 14.8 Å². The number of nitrogens with one attached hydrogen (secondary N) is 1. The van der Waals surface area contributed by atoms with Gasteiger partial charge in [0.15, 0.2) is 5.13 Å². The van der Waals surface area contributed by atoms with Gasteiger partial charge in [0.1, 0.15) is 11.4 Å². The summed E-state index contributed by atoms with van der Waals surface area (Å²) in [6.45, 7) is 8.31. The molecule has 6 nitrogen and oxygen atoms in total. The van der Waals surface area contributed by atoms with Gasteiger partial charge in [-0.3, -0.25) is 4.68 Å². The number of methoxy groups -OCH3 is 2. The molecule has 0 atom stereocenters. The van der Waals surface area contributed by atoms with Gasteiger partial charge in [-0.2, -0.15) is 5.10 Å². The lowest BCUT2D eigenvalue weighted by atomic mass is 10.0. The molecule has 0 saturated heterocycles. The van der Waals surface area contributed by atoms with Gasteiger partial charge in [-0.1, -0.05) is 17.4 Å². The second kappa shape index (κ2) is 8.54. The number of rotatable bonds is 8. The van der Waals surface area contributed by atoms with Crippen molar-refractivity contribution < 1.29 is 9.47 Å². The molecule has 2 aromatic heterocycles. The summed E-state index contributed by atoms with van der Waals surface area (Å²) in [7, 11) is 3.40. The van der Waals surface area contributed by atoms with E-state index in [1.54, 1.807) is 25.6 Å². The van der Waals surface area contributed by atoms with Gasteiger partial charge < -0.3 is 14.8 Å². The Morgan fingerprint density at radius 1 is 1.15 bits per heavy atom. The quantitative estimate of drug-likeness (QED) is 0.629. The van der Waals surface area contributed by atoms with E-state index in [2.05, 4.69) is 41.4 Å². The summed E-state index contributed by atoms with van der Waals surface area (Å²) in [5.41, 5.74) is 5.52. The lowest BCUT2D eigenvalue weighted by molar-refractivity contribution is 0.183. The molecule has 3 aromatic rings. The van der Waals surface area contributed by atoms with Crippen LogP contribution in [0.4, 0.5) is 5.13 Å². The molecule has 1 N–H and O–H groups in total. The van der Waals surface area contributed by atoms with Gasteiger partial charge in [0.05, 0.1) is 30.8 Å². The van der Waals surface area contributed by atoms with Crippen molar-refractivity contribution in [3.63, 3.8) is 0 Å². The van der Waals surface area contributed by atoms with Crippen LogP contribution in [-0.2, 0) is 17.8 Å². The topological polar surface area (TPSA) is 61.2 Å². The van der Waals surface area contributed by atoms with Crippen LogP contribution in [0.3, 0.4) is 0 Å². The zero-order valence-corrected chi connectivity index (χ0v) is 17.3. The van der Waals surface area contributed by atoms with E-state index >= 15 is 0 Å².